The second-order valence-electron chi connectivity index (χ2n) is 6.60. The van der Waals surface area contributed by atoms with Crippen LogP contribution < -0.4 is 0 Å². The molecule has 0 spiro atoms. The Hall–Kier alpha value is -2.59. The summed E-state index contributed by atoms with van der Waals surface area (Å²) in [5.41, 5.74) is -1.48. The van der Waals surface area contributed by atoms with Crippen molar-refractivity contribution < 1.29 is 14.6 Å². The molecule has 1 aliphatic rings. The predicted octanol–water partition coefficient (Wildman–Crippen LogP) is 4.56. The number of nitrogens with zero attached hydrogens (tertiary/aromatic N) is 1. The van der Waals surface area contributed by atoms with E-state index in [1.165, 1.54) is 4.90 Å². The predicted molar refractivity (Wildman–Crippen MR) is 101 cm³/mol. The molecule has 4 nitrogen and oxygen atoms in total. The fourth-order valence-electron chi connectivity index (χ4n) is 3.73. The quantitative estimate of drug-likeness (QED) is 0.744. The average molecular weight is 351 g/mol. The van der Waals surface area contributed by atoms with E-state index < -0.39 is 17.4 Å². The number of amides is 1. The Morgan fingerprint density at radius 1 is 1.08 bits per heavy atom. The summed E-state index contributed by atoms with van der Waals surface area (Å²) in [6.45, 7) is 6.32. The molecule has 0 bridgehead atoms. The lowest BCUT2D eigenvalue weighted by molar-refractivity contribution is -0.170. The van der Waals surface area contributed by atoms with Crippen molar-refractivity contribution in [2.75, 3.05) is 6.54 Å². The van der Waals surface area contributed by atoms with Gasteiger partial charge in [0.05, 0.1) is 0 Å². The number of hydrogen-bond donors (Lipinski definition) is 1. The van der Waals surface area contributed by atoms with Gasteiger partial charge < -0.3 is 9.84 Å². The van der Waals surface area contributed by atoms with Crippen molar-refractivity contribution in [1.29, 1.82) is 0 Å². The summed E-state index contributed by atoms with van der Waals surface area (Å²) >= 11 is 0. The monoisotopic (exact) mass is 351 g/mol. The Balaban J connectivity index is 2.24. The van der Waals surface area contributed by atoms with Gasteiger partial charge >= 0.3 is 6.09 Å². The summed E-state index contributed by atoms with van der Waals surface area (Å²) in [4.78, 5) is 14.3. The third kappa shape index (κ3) is 2.71. The van der Waals surface area contributed by atoms with E-state index in [0.29, 0.717) is 18.5 Å². The second-order valence-corrected chi connectivity index (χ2v) is 6.60. The van der Waals surface area contributed by atoms with Gasteiger partial charge in [0.25, 0.3) is 0 Å². The van der Waals surface area contributed by atoms with Crippen LogP contribution >= 0.6 is 0 Å². The minimum Gasteiger partial charge on any atom is -0.432 e. The van der Waals surface area contributed by atoms with E-state index >= 15 is 0 Å². The molecule has 0 radical (unpaired) electrons. The molecule has 0 unspecified atom stereocenters. The highest BCUT2D eigenvalue weighted by Crippen LogP contribution is 2.53. The van der Waals surface area contributed by atoms with Crippen molar-refractivity contribution in [3.63, 3.8) is 0 Å². The molecule has 0 aromatic heterocycles. The lowest BCUT2D eigenvalue weighted by Gasteiger charge is -2.42. The molecule has 1 fully saturated rings. The van der Waals surface area contributed by atoms with Crippen LogP contribution in [0, 0.1) is 0 Å². The van der Waals surface area contributed by atoms with Crippen LogP contribution in [-0.4, -0.2) is 22.6 Å². The van der Waals surface area contributed by atoms with E-state index in [-0.39, 0.29) is 0 Å². The minimum atomic E-state index is -1.62. The van der Waals surface area contributed by atoms with Crippen LogP contribution in [0.2, 0.25) is 0 Å². The van der Waals surface area contributed by atoms with E-state index in [4.69, 9.17) is 4.74 Å². The van der Waals surface area contributed by atoms with Gasteiger partial charge in [-0.2, -0.15) is 0 Å². The number of rotatable bonds is 7. The zero-order chi connectivity index (χ0) is 18.6. The van der Waals surface area contributed by atoms with Crippen LogP contribution in [-0.2, 0) is 16.1 Å². The van der Waals surface area contributed by atoms with E-state index in [0.717, 1.165) is 18.4 Å². The summed E-state index contributed by atoms with van der Waals surface area (Å²) in [5.74, 6) is 0. The standard InChI is InChI=1S/C22H25NO3/c1-3-5-17-23-20(24)26-21(16-4-2,18-12-8-6-9-13-18)22(23,25)19-14-10-7-11-15-19/h4,6-15,25H,2-3,5,16-17H2,1H3/t21-,22-/m1/s1. The summed E-state index contributed by atoms with van der Waals surface area (Å²) < 4.78 is 5.92. The van der Waals surface area contributed by atoms with Gasteiger partial charge in [0.2, 0.25) is 5.72 Å². The van der Waals surface area contributed by atoms with Gasteiger partial charge in [-0.3, -0.25) is 4.90 Å². The summed E-state index contributed by atoms with van der Waals surface area (Å²) in [7, 11) is 0. The highest BCUT2D eigenvalue weighted by molar-refractivity contribution is 5.73. The van der Waals surface area contributed by atoms with Crippen molar-refractivity contribution in [1.82, 2.24) is 4.90 Å². The molecule has 1 N–H and O–H groups in total. The first-order valence-corrected chi connectivity index (χ1v) is 9.05. The Kier molecular flexibility index (Phi) is 5.14. The van der Waals surface area contributed by atoms with Crippen LogP contribution in [0.15, 0.2) is 73.3 Å². The van der Waals surface area contributed by atoms with Gasteiger partial charge in [0.15, 0.2) is 5.60 Å². The molecule has 1 aliphatic heterocycles. The van der Waals surface area contributed by atoms with E-state index in [9.17, 15) is 9.90 Å². The third-order valence-electron chi connectivity index (χ3n) is 5.02. The van der Waals surface area contributed by atoms with Crippen molar-refractivity contribution in [2.24, 2.45) is 0 Å². The molecule has 0 aliphatic carbocycles. The van der Waals surface area contributed by atoms with Crippen molar-refractivity contribution in [2.45, 2.75) is 37.5 Å². The van der Waals surface area contributed by atoms with E-state index in [2.05, 4.69) is 13.5 Å². The van der Waals surface area contributed by atoms with Crippen LogP contribution in [0.1, 0.15) is 37.3 Å². The van der Waals surface area contributed by atoms with Crippen LogP contribution in [0.25, 0.3) is 0 Å². The molecule has 1 saturated heterocycles. The Labute approximate surface area is 154 Å². The van der Waals surface area contributed by atoms with Gasteiger partial charge in [0.1, 0.15) is 0 Å². The number of benzene rings is 2. The van der Waals surface area contributed by atoms with Crippen LogP contribution in [0.3, 0.4) is 0 Å². The first-order chi connectivity index (χ1) is 12.6. The van der Waals surface area contributed by atoms with Gasteiger partial charge in [-0.25, -0.2) is 4.79 Å². The highest BCUT2D eigenvalue weighted by atomic mass is 16.6. The lowest BCUT2D eigenvalue weighted by Crippen LogP contribution is -2.54. The first-order valence-electron chi connectivity index (χ1n) is 9.05. The molecule has 1 amide bonds. The topological polar surface area (TPSA) is 49.8 Å². The molecule has 136 valence electrons. The number of aliphatic hydroxyl groups is 1. The normalized spacial score (nSPS) is 25.2. The second kappa shape index (κ2) is 7.34. The van der Waals surface area contributed by atoms with Crippen molar-refractivity contribution >= 4 is 6.09 Å². The molecule has 26 heavy (non-hydrogen) atoms. The molecular weight excluding hydrogens is 326 g/mol. The first kappa shape index (κ1) is 18.2. The number of carbonyl (C=O) groups excluding carboxylic acids is 1. The molecule has 4 heteroatoms. The van der Waals surface area contributed by atoms with E-state index in [1.54, 1.807) is 6.08 Å². The largest absolute Gasteiger partial charge is 0.432 e. The maximum atomic E-state index is 12.8. The molecule has 2 aromatic carbocycles. The maximum absolute atomic E-state index is 12.8. The molecule has 3 rings (SSSR count). The number of ether oxygens (including phenoxy) is 1. The lowest BCUT2D eigenvalue weighted by atomic mass is 9.76. The van der Waals surface area contributed by atoms with Gasteiger partial charge in [-0.15, -0.1) is 6.58 Å². The molecule has 0 saturated carbocycles. The average Bonchev–Trinajstić information content (AvgIpc) is 2.90. The van der Waals surface area contributed by atoms with Crippen LogP contribution in [0.5, 0.6) is 0 Å². The molecule has 2 aromatic rings. The minimum absolute atomic E-state index is 0.302. The number of carbonyl (C=O) groups is 1. The number of cyclic esters (lactones) is 1. The van der Waals surface area contributed by atoms with Gasteiger partial charge in [-0.1, -0.05) is 80.1 Å². The Bertz CT molecular complexity index is 761. The van der Waals surface area contributed by atoms with Crippen LogP contribution in [0.4, 0.5) is 4.79 Å². The maximum Gasteiger partial charge on any atom is 0.413 e. The molecule has 1 heterocycles. The van der Waals surface area contributed by atoms with E-state index in [1.807, 2.05) is 60.7 Å². The third-order valence-corrected chi connectivity index (χ3v) is 5.02. The van der Waals surface area contributed by atoms with Crippen molar-refractivity contribution in [3.05, 3.63) is 84.4 Å². The Morgan fingerprint density at radius 3 is 2.19 bits per heavy atom. The smallest absolute Gasteiger partial charge is 0.413 e. The summed E-state index contributed by atoms with van der Waals surface area (Å²) in [6.07, 6.45) is 3.18. The molecular formula is C22H25NO3. The fraction of sp³-hybridized carbons (Fsp3) is 0.318. The zero-order valence-electron chi connectivity index (χ0n) is 15.1. The Morgan fingerprint density at radius 2 is 1.65 bits per heavy atom. The molecule has 2 atom stereocenters. The summed E-state index contributed by atoms with van der Waals surface area (Å²) in [6, 6.07) is 18.7. The van der Waals surface area contributed by atoms with Gasteiger partial charge in [0, 0.05) is 24.1 Å². The SMILES string of the molecule is C=CC[C@]1(c2ccccc2)OC(=O)N(CCCC)[C@@]1(O)c1ccccc1. The zero-order valence-corrected chi connectivity index (χ0v) is 15.1. The number of unbranched alkanes of at least 4 members (excludes halogenated alkanes) is 1. The van der Waals surface area contributed by atoms with Gasteiger partial charge in [-0.05, 0) is 6.42 Å². The summed E-state index contributed by atoms with van der Waals surface area (Å²) in [5, 5.41) is 12.0. The number of hydrogen-bond acceptors (Lipinski definition) is 3. The highest BCUT2D eigenvalue weighted by Gasteiger charge is 2.65. The fourth-order valence-corrected chi connectivity index (χ4v) is 3.73. The van der Waals surface area contributed by atoms with Crippen molar-refractivity contribution in [3.8, 4) is 0 Å².